The first-order chi connectivity index (χ1) is 10.2. The van der Waals surface area contributed by atoms with Gasteiger partial charge in [-0.15, -0.1) is 0 Å². The summed E-state index contributed by atoms with van der Waals surface area (Å²) in [5, 5.41) is 9.66. The highest BCUT2D eigenvalue weighted by molar-refractivity contribution is 5.96. The number of rotatable bonds is 3. The van der Waals surface area contributed by atoms with E-state index in [4.69, 9.17) is 9.47 Å². The predicted molar refractivity (Wildman–Crippen MR) is 77.8 cm³/mol. The Hall–Kier alpha value is -1.81. The Labute approximate surface area is 124 Å². The minimum Gasteiger partial charge on any atom is -0.493 e. The van der Waals surface area contributed by atoms with E-state index in [9.17, 15) is 9.90 Å². The second kappa shape index (κ2) is 5.90. The lowest BCUT2D eigenvalue weighted by atomic mass is 9.80. The van der Waals surface area contributed by atoms with Gasteiger partial charge in [0.1, 0.15) is 18.1 Å². The number of para-hydroxylation sites is 1. The fourth-order valence-electron chi connectivity index (χ4n) is 3.04. The van der Waals surface area contributed by atoms with Crippen molar-refractivity contribution in [1.82, 2.24) is 0 Å². The molecule has 1 aromatic rings. The molecule has 0 amide bonds. The molecule has 2 aliphatic rings. The third-order valence-corrected chi connectivity index (χ3v) is 4.27. The number of carbonyl (C=O) groups is 1. The van der Waals surface area contributed by atoms with Crippen LogP contribution in [0.3, 0.4) is 0 Å². The lowest BCUT2D eigenvalue weighted by Gasteiger charge is -2.35. The van der Waals surface area contributed by atoms with Crippen molar-refractivity contribution in [2.24, 2.45) is 5.92 Å². The van der Waals surface area contributed by atoms with E-state index in [0.717, 1.165) is 12.0 Å². The Bertz CT molecular complexity index is 564. The zero-order valence-electron chi connectivity index (χ0n) is 12.1. The highest BCUT2D eigenvalue weighted by Crippen LogP contribution is 2.34. The molecule has 1 heterocycles. The minimum absolute atomic E-state index is 0.0101. The van der Waals surface area contributed by atoms with Gasteiger partial charge in [-0.1, -0.05) is 25.1 Å². The number of allylic oxidation sites excluding steroid dienone is 1. The van der Waals surface area contributed by atoms with Crippen LogP contribution in [0.5, 0.6) is 5.75 Å². The van der Waals surface area contributed by atoms with Gasteiger partial charge in [-0.2, -0.15) is 0 Å². The highest BCUT2D eigenvalue weighted by atomic mass is 16.5. The quantitative estimate of drug-likeness (QED) is 0.929. The van der Waals surface area contributed by atoms with Crippen LogP contribution in [0.1, 0.15) is 31.7 Å². The van der Waals surface area contributed by atoms with Crippen LogP contribution in [0.2, 0.25) is 0 Å². The Morgan fingerprint density at radius 3 is 2.95 bits per heavy atom. The molecule has 1 aromatic carbocycles. The number of ketones is 1. The first-order valence-electron chi connectivity index (χ1n) is 7.52. The van der Waals surface area contributed by atoms with E-state index in [1.807, 2.05) is 31.2 Å². The smallest absolute Gasteiger partial charge is 0.207 e. The molecule has 3 rings (SSSR count). The second-order valence-corrected chi connectivity index (χ2v) is 5.66. The van der Waals surface area contributed by atoms with Gasteiger partial charge < -0.3 is 14.6 Å². The second-order valence-electron chi connectivity index (χ2n) is 5.66. The van der Waals surface area contributed by atoms with Gasteiger partial charge in [0.05, 0.1) is 12.0 Å². The Kier molecular flexibility index (Phi) is 3.97. The molecular weight excluding hydrogens is 268 g/mol. The number of aliphatic hydroxyl groups is 1. The van der Waals surface area contributed by atoms with Crippen LogP contribution in [0.4, 0.5) is 0 Å². The number of aryl methyl sites for hydroxylation is 1. The van der Waals surface area contributed by atoms with Crippen LogP contribution in [0, 0.1) is 5.92 Å². The molecule has 1 N–H and O–H groups in total. The number of hydrogen-bond donors (Lipinski definition) is 1. The zero-order valence-corrected chi connectivity index (χ0v) is 12.1. The molecule has 4 nitrogen and oxygen atoms in total. The van der Waals surface area contributed by atoms with Crippen molar-refractivity contribution in [3.05, 3.63) is 41.9 Å². The number of carbonyl (C=O) groups excluding carboxylic acids is 1. The fraction of sp³-hybridized carbons (Fsp3) is 0.471. The lowest BCUT2D eigenvalue weighted by molar-refractivity contribution is -0.132. The summed E-state index contributed by atoms with van der Waals surface area (Å²) in [5.74, 6) is 0.775. The van der Waals surface area contributed by atoms with Gasteiger partial charge in [0, 0.05) is 6.42 Å². The van der Waals surface area contributed by atoms with Crippen LogP contribution < -0.4 is 4.74 Å². The van der Waals surface area contributed by atoms with Crippen molar-refractivity contribution >= 4 is 5.78 Å². The van der Waals surface area contributed by atoms with Crippen molar-refractivity contribution in [1.29, 1.82) is 0 Å². The molecule has 3 atom stereocenters. The summed E-state index contributed by atoms with van der Waals surface area (Å²) < 4.78 is 11.4. The summed E-state index contributed by atoms with van der Waals surface area (Å²) in [6, 6.07) is 7.70. The summed E-state index contributed by atoms with van der Waals surface area (Å²) >= 11 is 0. The summed E-state index contributed by atoms with van der Waals surface area (Å²) in [7, 11) is 0. The molecule has 1 aliphatic carbocycles. The topological polar surface area (TPSA) is 55.8 Å². The summed E-state index contributed by atoms with van der Waals surface area (Å²) in [4.78, 5) is 12.5. The summed E-state index contributed by atoms with van der Waals surface area (Å²) in [6.45, 7) is 2.05. The molecule has 112 valence electrons. The average molecular weight is 288 g/mol. The molecule has 0 bridgehead atoms. The molecule has 1 aliphatic heterocycles. The number of benzene rings is 1. The van der Waals surface area contributed by atoms with Gasteiger partial charge in [0.2, 0.25) is 11.5 Å². The van der Waals surface area contributed by atoms with Crippen LogP contribution in [0.15, 0.2) is 36.3 Å². The molecule has 0 radical (unpaired) electrons. The minimum atomic E-state index is -0.365. The first kappa shape index (κ1) is 14.1. The molecule has 4 heteroatoms. The maximum Gasteiger partial charge on any atom is 0.207 e. The summed E-state index contributed by atoms with van der Waals surface area (Å²) in [5.41, 5.74) is 1.06. The van der Waals surface area contributed by atoms with Gasteiger partial charge in [-0.05, 0) is 30.9 Å². The maximum atomic E-state index is 12.5. The van der Waals surface area contributed by atoms with E-state index >= 15 is 0 Å². The predicted octanol–water partition coefficient (Wildman–Crippen LogP) is 2.60. The van der Waals surface area contributed by atoms with E-state index in [-0.39, 0.29) is 29.7 Å². The Morgan fingerprint density at radius 1 is 1.33 bits per heavy atom. The molecule has 1 saturated carbocycles. The van der Waals surface area contributed by atoms with Crippen molar-refractivity contribution in [2.45, 2.75) is 44.8 Å². The normalized spacial score (nSPS) is 28.4. The molecule has 3 unspecified atom stereocenters. The van der Waals surface area contributed by atoms with Gasteiger partial charge >= 0.3 is 0 Å². The zero-order chi connectivity index (χ0) is 14.8. The van der Waals surface area contributed by atoms with Crippen LogP contribution in [-0.2, 0) is 16.0 Å². The number of fused-ring (bicyclic) bond motifs is 1. The third-order valence-electron chi connectivity index (χ3n) is 4.27. The largest absolute Gasteiger partial charge is 0.493 e. The van der Waals surface area contributed by atoms with Gasteiger partial charge in [0.25, 0.3) is 0 Å². The van der Waals surface area contributed by atoms with E-state index in [1.54, 1.807) is 0 Å². The molecule has 1 fully saturated rings. The van der Waals surface area contributed by atoms with E-state index in [1.165, 1.54) is 6.26 Å². The molecule has 0 aromatic heterocycles. The van der Waals surface area contributed by atoms with E-state index < -0.39 is 0 Å². The number of ether oxygens (including phenoxy) is 2. The van der Waals surface area contributed by atoms with Gasteiger partial charge in [0.15, 0.2) is 0 Å². The molecule has 0 saturated heterocycles. The van der Waals surface area contributed by atoms with Crippen molar-refractivity contribution < 1.29 is 19.4 Å². The molecular formula is C17H20O4. The van der Waals surface area contributed by atoms with Crippen molar-refractivity contribution in [3.8, 4) is 5.75 Å². The van der Waals surface area contributed by atoms with Gasteiger partial charge in [-0.3, -0.25) is 4.79 Å². The number of Topliss-reactive ketones (excluding diaryl/α,β-unsaturated/α-hetero) is 1. The van der Waals surface area contributed by atoms with Gasteiger partial charge in [-0.25, -0.2) is 0 Å². The highest BCUT2D eigenvalue weighted by Gasteiger charge is 2.40. The maximum absolute atomic E-state index is 12.5. The molecule has 21 heavy (non-hydrogen) atoms. The standard InChI is InChI=1S/C17H20O4/c1-2-11-5-3-4-6-14(11)21-16-10-20-15-9-12(18)7-8-13(15)17(16)19/h3-6,10,12-13,15,18H,2,7-9H2,1H3. The monoisotopic (exact) mass is 288 g/mol. The third kappa shape index (κ3) is 2.81. The van der Waals surface area contributed by atoms with Crippen molar-refractivity contribution in [3.63, 3.8) is 0 Å². The first-order valence-corrected chi connectivity index (χ1v) is 7.52. The van der Waals surface area contributed by atoms with E-state index in [0.29, 0.717) is 25.0 Å². The fourth-order valence-corrected chi connectivity index (χ4v) is 3.04. The Balaban J connectivity index is 1.79. The number of hydrogen-bond acceptors (Lipinski definition) is 4. The van der Waals surface area contributed by atoms with Crippen LogP contribution >= 0.6 is 0 Å². The average Bonchev–Trinajstić information content (AvgIpc) is 2.50. The summed E-state index contributed by atoms with van der Waals surface area (Å²) in [6.07, 6.45) is 3.50. The van der Waals surface area contributed by atoms with Crippen molar-refractivity contribution in [2.75, 3.05) is 0 Å². The Morgan fingerprint density at radius 2 is 2.14 bits per heavy atom. The molecule has 0 spiro atoms. The van der Waals surface area contributed by atoms with Crippen LogP contribution in [0.25, 0.3) is 0 Å². The number of aliphatic hydroxyl groups excluding tert-OH is 1. The van der Waals surface area contributed by atoms with Crippen LogP contribution in [-0.4, -0.2) is 23.1 Å². The SMILES string of the molecule is CCc1ccccc1OC1=COC2CC(O)CCC2C1=O. The van der Waals surface area contributed by atoms with E-state index in [2.05, 4.69) is 0 Å². The lowest BCUT2D eigenvalue weighted by Crippen LogP contribution is -2.41.